The van der Waals surface area contributed by atoms with Gasteiger partial charge in [-0.2, -0.15) is 0 Å². The number of nitrogens with zero attached hydrogens (tertiary/aromatic N) is 1. The van der Waals surface area contributed by atoms with Crippen molar-refractivity contribution in [3.63, 3.8) is 0 Å². The molecule has 0 bridgehead atoms. The predicted octanol–water partition coefficient (Wildman–Crippen LogP) is 1.25. The van der Waals surface area contributed by atoms with Gasteiger partial charge >= 0.3 is 5.97 Å². The number of hydrogen-bond acceptors (Lipinski definition) is 3. The Balaban J connectivity index is 2.08. The van der Waals surface area contributed by atoms with Gasteiger partial charge in [0.25, 0.3) is 5.56 Å². The van der Waals surface area contributed by atoms with Gasteiger partial charge in [-0.25, -0.2) is 4.68 Å². The van der Waals surface area contributed by atoms with Crippen molar-refractivity contribution in [2.24, 2.45) is 5.92 Å². The topological polar surface area (TPSA) is 64.1 Å². The number of H-pyrrole nitrogens is 1. The van der Waals surface area contributed by atoms with E-state index in [1.165, 1.54) is 11.1 Å². The molecule has 2 atom stereocenters. The molecule has 5 nitrogen and oxygen atoms in total. The molecule has 0 amide bonds. The number of ether oxygens (including phenoxy) is 1. The average Bonchev–Trinajstić information content (AvgIpc) is 2.58. The van der Waals surface area contributed by atoms with E-state index in [4.69, 9.17) is 4.74 Å². The van der Waals surface area contributed by atoms with Gasteiger partial charge in [-0.15, -0.1) is 0 Å². The van der Waals surface area contributed by atoms with Gasteiger partial charge in [0, 0.05) is 17.7 Å². The van der Waals surface area contributed by atoms with Crippen LogP contribution in [0.5, 0.6) is 0 Å². The molecule has 5 heteroatoms. The third kappa shape index (κ3) is 2.43. The van der Waals surface area contributed by atoms with Gasteiger partial charge in [-0.1, -0.05) is 6.92 Å². The first-order chi connectivity index (χ1) is 8.11. The molecule has 1 aromatic heterocycles. The van der Waals surface area contributed by atoms with Crippen LogP contribution in [0.15, 0.2) is 10.9 Å². The Labute approximate surface area is 99.8 Å². The van der Waals surface area contributed by atoms with E-state index in [9.17, 15) is 9.59 Å². The van der Waals surface area contributed by atoms with Crippen LogP contribution < -0.4 is 5.56 Å². The molecule has 1 aliphatic rings. The van der Waals surface area contributed by atoms with Crippen molar-refractivity contribution in [1.82, 2.24) is 9.78 Å². The number of carbonyl (C=O) groups is 1. The maximum absolute atomic E-state index is 11.7. The highest BCUT2D eigenvalue weighted by atomic mass is 16.5. The van der Waals surface area contributed by atoms with Gasteiger partial charge in [0.1, 0.15) is 6.54 Å². The summed E-state index contributed by atoms with van der Waals surface area (Å²) in [5, 5.41) is 3.01. The molecule has 1 saturated carbocycles. The highest BCUT2D eigenvalue weighted by Crippen LogP contribution is 2.40. The lowest BCUT2D eigenvalue weighted by Gasteiger charge is -2.32. The van der Waals surface area contributed by atoms with Crippen molar-refractivity contribution < 1.29 is 9.53 Å². The molecular formula is C12H18N2O3. The minimum atomic E-state index is -0.385. The number of rotatable bonds is 4. The fraction of sp³-hybridized carbons (Fsp3) is 0.667. The molecule has 0 spiro atoms. The first kappa shape index (κ1) is 12.0. The first-order valence-corrected chi connectivity index (χ1v) is 6.07. The summed E-state index contributed by atoms with van der Waals surface area (Å²) in [6, 6.07) is 1.60. The Hall–Kier alpha value is -1.52. The number of aromatic amines is 1. The van der Waals surface area contributed by atoms with Crippen LogP contribution in [0.1, 0.15) is 38.3 Å². The number of nitrogens with one attached hydrogen (secondary N) is 1. The van der Waals surface area contributed by atoms with Gasteiger partial charge in [0.2, 0.25) is 0 Å². The van der Waals surface area contributed by atoms with Crippen LogP contribution in [0.25, 0.3) is 0 Å². The minimum absolute atomic E-state index is 0.0340. The van der Waals surface area contributed by atoms with Gasteiger partial charge in [-0.05, 0) is 25.7 Å². The van der Waals surface area contributed by atoms with Crippen LogP contribution in [-0.4, -0.2) is 22.4 Å². The van der Waals surface area contributed by atoms with Crippen LogP contribution in [0.2, 0.25) is 0 Å². The summed E-state index contributed by atoms with van der Waals surface area (Å²) in [6.07, 6.45) is 2.32. The number of aromatic nitrogens is 2. The molecule has 0 unspecified atom stereocenters. The Morgan fingerprint density at radius 1 is 1.59 bits per heavy atom. The molecule has 0 aromatic carbocycles. The highest BCUT2D eigenvalue weighted by molar-refractivity contribution is 5.68. The summed E-state index contributed by atoms with van der Waals surface area (Å²) in [4.78, 5) is 22.9. The zero-order chi connectivity index (χ0) is 12.4. The number of hydrogen-bond donors (Lipinski definition) is 1. The maximum Gasteiger partial charge on any atom is 0.327 e. The lowest BCUT2D eigenvalue weighted by atomic mass is 9.73. The lowest BCUT2D eigenvalue weighted by Crippen LogP contribution is -2.23. The zero-order valence-corrected chi connectivity index (χ0v) is 10.2. The zero-order valence-electron chi connectivity index (χ0n) is 10.2. The van der Waals surface area contributed by atoms with Crippen molar-refractivity contribution in [2.75, 3.05) is 6.61 Å². The second-order valence-corrected chi connectivity index (χ2v) is 4.60. The average molecular weight is 238 g/mol. The molecule has 0 aliphatic heterocycles. The summed E-state index contributed by atoms with van der Waals surface area (Å²) >= 11 is 0. The smallest absolute Gasteiger partial charge is 0.327 e. The Bertz CT molecular complexity index is 461. The van der Waals surface area contributed by atoms with E-state index in [0.29, 0.717) is 18.4 Å². The normalized spacial score (nSPS) is 23.2. The van der Waals surface area contributed by atoms with E-state index in [-0.39, 0.29) is 18.1 Å². The fourth-order valence-electron chi connectivity index (χ4n) is 2.23. The molecule has 1 aromatic rings. The maximum atomic E-state index is 11.7. The van der Waals surface area contributed by atoms with Crippen molar-refractivity contribution >= 4 is 5.97 Å². The third-order valence-corrected chi connectivity index (χ3v) is 3.42. The molecule has 17 heavy (non-hydrogen) atoms. The van der Waals surface area contributed by atoms with Crippen molar-refractivity contribution in [1.29, 1.82) is 0 Å². The first-order valence-electron chi connectivity index (χ1n) is 6.07. The molecule has 0 radical (unpaired) electrons. The van der Waals surface area contributed by atoms with Gasteiger partial charge in [0.15, 0.2) is 0 Å². The van der Waals surface area contributed by atoms with Gasteiger partial charge in [0.05, 0.1) is 6.61 Å². The summed E-state index contributed by atoms with van der Waals surface area (Å²) in [5.74, 6) is 0.667. The Morgan fingerprint density at radius 3 is 2.88 bits per heavy atom. The lowest BCUT2D eigenvalue weighted by molar-refractivity contribution is -0.144. The Morgan fingerprint density at radius 2 is 2.35 bits per heavy atom. The second kappa shape index (κ2) is 4.77. The summed E-state index contributed by atoms with van der Waals surface area (Å²) in [7, 11) is 0. The third-order valence-electron chi connectivity index (χ3n) is 3.42. The van der Waals surface area contributed by atoms with Crippen LogP contribution in [-0.2, 0) is 16.1 Å². The molecular weight excluding hydrogens is 220 g/mol. The Kier molecular flexibility index (Phi) is 3.36. The molecule has 1 fully saturated rings. The van der Waals surface area contributed by atoms with Crippen molar-refractivity contribution in [2.45, 2.75) is 39.2 Å². The summed E-state index contributed by atoms with van der Waals surface area (Å²) < 4.78 is 6.13. The SMILES string of the molecule is CCOC(=O)Cn1[nH]c([C@@H]2CC[C@@H]2C)cc1=O. The van der Waals surface area contributed by atoms with E-state index in [2.05, 4.69) is 12.0 Å². The van der Waals surface area contributed by atoms with Gasteiger partial charge in [-0.3, -0.25) is 14.7 Å². The van der Waals surface area contributed by atoms with Crippen molar-refractivity contribution in [3.05, 3.63) is 22.1 Å². The van der Waals surface area contributed by atoms with E-state index in [1.54, 1.807) is 13.0 Å². The van der Waals surface area contributed by atoms with Crippen LogP contribution in [0.3, 0.4) is 0 Å². The van der Waals surface area contributed by atoms with E-state index in [0.717, 1.165) is 12.1 Å². The summed E-state index contributed by atoms with van der Waals surface area (Å²) in [6.45, 7) is 4.22. The standard InChI is InChI=1S/C12H18N2O3/c1-3-17-12(16)7-14-11(15)6-10(13-14)9-5-4-8(9)2/h6,8-9,13H,3-5,7H2,1-2H3/t8-,9+/m0/s1. The predicted molar refractivity (Wildman–Crippen MR) is 62.8 cm³/mol. The molecule has 94 valence electrons. The van der Waals surface area contributed by atoms with E-state index < -0.39 is 0 Å². The van der Waals surface area contributed by atoms with Crippen LogP contribution in [0, 0.1) is 5.92 Å². The second-order valence-electron chi connectivity index (χ2n) is 4.60. The quantitative estimate of drug-likeness (QED) is 0.803. The molecule has 1 heterocycles. The van der Waals surface area contributed by atoms with E-state index in [1.807, 2.05) is 0 Å². The van der Waals surface area contributed by atoms with Gasteiger partial charge < -0.3 is 4.74 Å². The highest BCUT2D eigenvalue weighted by Gasteiger charge is 2.30. The number of carbonyl (C=O) groups excluding carboxylic acids is 1. The van der Waals surface area contributed by atoms with Crippen LogP contribution >= 0.6 is 0 Å². The molecule has 1 N–H and O–H groups in total. The largest absolute Gasteiger partial charge is 0.465 e. The molecule has 2 rings (SSSR count). The van der Waals surface area contributed by atoms with Crippen molar-refractivity contribution in [3.8, 4) is 0 Å². The molecule has 1 aliphatic carbocycles. The monoisotopic (exact) mass is 238 g/mol. The van der Waals surface area contributed by atoms with Crippen LogP contribution in [0.4, 0.5) is 0 Å². The summed E-state index contributed by atoms with van der Waals surface area (Å²) in [5.41, 5.74) is 0.783. The van der Waals surface area contributed by atoms with E-state index >= 15 is 0 Å². The molecule has 0 saturated heterocycles. The fourth-order valence-corrected chi connectivity index (χ4v) is 2.23. The minimum Gasteiger partial charge on any atom is -0.465 e. The number of esters is 1.